The monoisotopic (exact) mass is 826 g/mol. The average molecular weight is 827 g/mol. The molecule has 5 heteroatoms. The molecule has 1 aromatic heterocycles. The molecule has 0 radical (unpaired) electrons. The van der Waals surface area contributed by atoms with Crippen LogP contribution in [0, 0.1) is 11.6 Å². The van der Waals surface area contributed by atoms with Crippen LogP contribution in [0.15, 0.2) is 223 Å². The Balaban J connectivity index is 1.17. The van der Waals surface area contributed by atoms with Gasteiger partial charge in [0, 0.05) is 50.5 Å². The van der Waals surface area contributed by atoms with E-state index in [1.54, 1.807) is 0 Å². The Morgan fingerprint density at radius 1 is 0.359 bits per heavy atom. The van der Waals surface area contributed by atoms with Crippen LogP contribution < -0.4 is 9.80 Å². The molecule has 1 spiro atoms. The van der Waals surface area contributed by atoms with E-state index in [0.717, 1.165) is 100 Å². The molecule has 0 aliphatic heterocycles. The largest absolute Gasteiger partial charge is 0.455 e. The lowest BCUT2D eigenvalue weighted by molar-refractivity contribution is 0.627. The van der Waals surface area contributed by atoms with Gasteiger partial charge >= 0.3 is 0 Å². The van der Waals surface area contributed by atoms with E-state index in [0.29, 0.717) is 0 Å². The summed E-state index contributed by atoms with van der Waals surface area (Å²) in [5.74, 6) is -0.577. The molecule has 302 valence electrons. The molecule has 0 unspecified atom stereocenters. The third-order valence-corrected chi connectivity index (χ3v) is 13.3. The fourth-order valence-electron chi connectivity index (χ4n) is 10.8. The third-order valence-electron chi connectivity index (χ3n) is 13.3. The maximum atomic E-state index is 14.6. The number of anilines is 6. The number of rotatable bonds is 6. The lowest BCUT2D eigenvalue weighted by atomic mass is 9.61. The second-order valence-electron chi connectivity index (χ2n) is 16.7. The van der Waals surface area contributed by atoms with Crippen molar-refractivity contribution in [3.63, 3.8) is 0 Å². The smallest absolute Gasteiger partial charge is 0.143 e. The number of furan rings is 1. The van der Waals surface area contributed by atoms with Crippen molar-refractivity contribution in [2.24, 2.45) is 0 Å². The van der Waals surface area contributed by atoms with Gasteiger partial charge in [0.1, 0.15) is 22.8 Å². The zero-order chi connectivity index (χ0) is 42.5. The van der Waals surface area contributed by atoms with Gasteiger partial charge in [0.15, 0.2) is 0 Å². The molecule has 0 atom stereocenters. The van der Waals surface area contributed by atoms with E-state index in [2.05, 4.69) is 137 Å². The quantitative estimate of drug-likeness (QED) is 0.166. The maximum Gasteiger partial charge on any atom is 0.143 e. The first-order valence-corrected chi connectivity index (χ1v) is 21.5. The minimum Gasteiger partial charge on any atom is -0.455 e. The highest BCUT2D eigenvalue weighted by molar-refractivity contribution is 6.17. The first-order chi connectivity index (χ1) is 31.6. The number of benzene rings is 10. The van der Waals surface area contributed by atoms with Crippen molar-refractivity contribution in [2.75, 3.05) is 9.80 Å². The van der Waals surface area contributed by atoms with Crippen LogP contribution in [0.4, 0.5) is 42.9 Å². The van der Waals surface area contributed by atoms with Crippen LogP contribution in [0.3, 0.4) is 0 Å². The zero-order valence-corrected chi connectivity index (χ0v) is 34.3. The maximum absolute atomic E-state index is 14.6. The van der Waals surface area contributed by atoms with E-state index in [1.165, 1.54) is 35.2 Å². The summed E-state index contributed by atoms with van der Waals surface area (Å²) in [5, 5.41) is 4.47. The first kappa shape index (κ1) is 36.4. The van der Waals surface area contributed by atoms with Gasteiger partial charge in [-0.2, -0.15) is 0 Å². The van der Waals surface area contributed by atoms with Gasteiger partial charge in [0.25, 0.3) is 0 Å². The average Bonchev–Trinajstić information content (AvgIpc) is 3.86. The van der Waals surface area contributed by atoms with Gasteiger partial charge in [-0.15, -0.1) is 0 Å². The molecule has 0 saturated heterocycles. The summed E-state index contributed by atoms with van der Waals surface area (Å²) in [6.45, 7) is 0. The van der Waals surface area contributed by atoms with E-state index in [1.807, 2.05) is 66.7 Å². The molecule has 11 aromatic rings. The Bertz CT molecular complexity index is 3490. The second kappa shape index (κ2) is 13.9. The van der Waals surface area contributed by atoms with Crippen molar-refractivity contribution in [1.29, 1.82) is 0 Å². The summed E-state index contributed by atoms with van der Waals surface area (Å²) >= 11 is 0. The Labute approximate surface area is 368 Å². The molecule has 0 bridgehead atoms. The molecule has 1 heterocycles. The van der Waals surface area contributed by atoms with Crippen LogP contribution in [0.2, 0.25) is 0 Å². The van der Waals surface area contributed by atoms with Crippen LogP contribution in [-0.4, -0.2) is 0 Å². The predicted octanol–water partition coefficient (Wildman–Crippen LogP) is 16.3. The normalized spacial score (nSPS) is 13.0. The standard InChI is InChI=1S/C59H36F2N2O/c60-38-21-25-42(26-22-38)62(40-13-3-1-4-14-40)44-29-31-46-47-32-30-45(63(41-15-5-2-6-16-41)43-27-23-39(61)24-28-43)36-54(47)59(53(46)35-44)51-19-10-12-37-11-9-18-50(56(37)51)57-52(59)34-33-49-48-17-7-8-20-55(48)64-58(49)57/h1-36H. The lowest BCUT2D eigenvalue weighted by Gasteiger charge is -2.40. The topological polar surface area (TPSA) is 19.6 Å². The lowest BCUT2D eigenvalue weighted by Crippen LogP contribution is -2.32. The fraction of sp³-hybridized carbons (Fsp3) is 0.0169. The van der Waals surface area contributed by atoms with E-state index in [-0.39, 0.29) is 11.6 Å². The molecular weight excluding hydrogens is 791 g/mol. The summed E-state index contributed by atoms with van der Waals surface area (Å²) in [4.78, 5) is 4.41. The molecule has 0 fully saturated rings. The molecule has 13 rings (SSSR count). The van der Waals surface area contributed by atoms with Gasteiger partial charge < -0.3 is 14.2 Å². The number of hydrogen-bond acceptors (Lipinski definition) is 3. The minimum absolute atomic E-state index is 0.288. The molecule has 0 N–H and O–H groups in total. The molecule has 0 amide bonds. The first-order valence-electron chi connectivity index (χ1n) is 21.5. The Morgan fingerprint density at radius 3 is 1.47 bits per heavy atom. The van der Waals surface area contributed by atoms with Crippen molar-refractivity contribution >= 4 is 66.8 Å². The van der Waals surface area contributed by atoms with Gasteiger partial charge in [-0.05, 0) is 153 Å². The number of hydrogen-bond donors (Lipinski definition) is 0. The molecule has 64 heavy (non-hydrogen) atoms. The predicted molar refractivity (Wildman–Crippen MR) is 257 cm³/mol. The summed E-state index contributed by atoms with van der Waals surface area (Å²) in [7, 11) is 0. The summed E-state index contributed by atoms with van der Waals surface area (Å²) in [6, 6.07) is 73.7. The van der Waals surface area contributed by atoms with Crippen molar-refractivity contribution in [3.8, 4) is 22.3 Å². The van der Waals surface area contributed by atoms with E-state index in [4.69, 9.17) is 4.42 Å². The number of halogens is 2. The highest BCUT2D eigenvalue weighted by Gasteiger charge is 2.51. The molecular formula is C59H36F2N2O. The second-order valence-corrected chi connectivity index (χ2v) is 16.7. The minimum atomic E-state index is -0.844. The van der Waals surface area contributed by atoms with Crippen molar-refractivity contribution in [3.05, 3.63) is 252 Å². The molecule has 10 aromatic carbocycles. The van der Waals surface area contributed by atoms with Gasteiger partial charge in [0.2, 0.25) is 0 Å². The molecule has 3 nitrogen and oxygen atoms in total. The van der Waals surface area contributed by atoms with Crippen LogP contribution >= 0.6 is 0 Å². The van der Waals surface area contributed by atoms with Crippen LogP contribution in [0.1, 0.15) is 22.3 Å². The molecule has 2 aliphatic rings. The zero-order valence-electron chi connectivity index (χ0n) is 34.3. The summed E-state index contributed by atoms with van der Waals surface area (Å²) < 4.78 is 36.1. The van der Waals surface area contributed by atoms with E-state index >= 15 is 0 Å². The van der Waals surface area contributed by atoms with Crippen LogP contribution in [-0.2, 0) is 5.41 Å². The fourth-order valence-corrected chi connectivity index (χ4v) is 10.8. The van der Waals surface area contributed by atoms with Crippen LogP contribution in [0.5, 0.6) is 0 Å². The highest BCUT2D eigenvalue weighted by atomic mass is 19.1. The Hall–Kier alpha value is -8.28. The van der Waals surface area contributed by atoms with Crippen molar-refractivity contribution in [1.82, 2.24) is 0 Å². The van der Waals surface area contributed by atoms with Gasteiger partial charge in [-0.3, -0.25) is 0 Å². The van der Waals surface area contributed by atoms with Crippen molar-refractivity contribution < 1.29 is 13.2 Å². The summed E-state index contributed by atoms with van der Waals surface area (Å²) in [6.07, 6.45) is 0. The Kier molecular flexibility index (Phi) is 7.88. The summed E-state index contributed by atoms with van der Waals surface area (Å²) in [5.41, 5.74) is 15.4. The van der Waals surface area contributed by atoms with Crippen molar-refractivity contribution in [2.45, 2.75) is 5.41 Å². The van der Waals surface area contributed by atoms with Crippen LogP contribution in [0.25, 0.3) is 55.0 Å². The van der Waals surface area contributed by atoms with Gasteiger partial charge in [-0.1, -0.05) is 115 Å². The number of nitrogens with zero attached hydrogens (tertiary/aromatic N) is 2. The number of para-hydroxylation sites is 3. The molecule has 0 saturated carbocycles. The van der Waals surface area contributed by atoms with Gasteiger partial charge in [-0.25, -0.2) is 8.78 Å². The molecule has 2 aliphatic carbocycles. The third kappa shape index (κ3) is 5.18. The Morgan fingerprint density at radius 2 is 0.875 bits per heavy atom. The van der Waals surface area contributed by atoms with E-state index in [9.17, 15) is 8.78 Å². The highest BCUT2D eigenvalue weighted by Crippen LogP contribution is 2.64. The van der Waals surface area contributed by atoms with E-state index < -0.39 is 5.41 Å². The van der Waals surface area contributed by atoms with Gasteiger partial charge in [0.05, 0.1) is 5.41 Å². The SMILES string of the molecule is Fc1ccc(N(c2ccccc2)c2ccc3c(c2)C2(c4cc(N(c5ccccc5)c5ccc(F)cc5)ccc4-3)c3ccc4c(oc5ccccc54)c3-c3cccc4cccc2c34)cc1. The number of fused-ring (bicyclic) bond motifs is 13.